The standard InChI is InChI=1S/C16H19N3O2/c1-2-7-13-11(5-1)9-14(17-13)16-18-15(19-21-16)10-12-6-3-4-8-20-12/h1-2,5,7,12,14,17H,3-4,6,8-10H2. The average molecular weight is 285 g/mol. The lowest BCUT2D eigenvalue weighted by Crippen LogP contribution is -2.21. The van der Waals surface area contributed by atoms with Gasteiger partial charge in [0, 0.05) is 25.1 Å². The van der Waals surface area contributed by atoms with E-state index in [1.165, 1.54) is 12.0 Å². The number of hydrogen-bond donors (Lipinski definition) is 1. The molecule has 5 nitrogen and oxygen atoms in total. The first kappa shape index (κ1) is 12.8. The van der Waals surface area contributed by atoms with E-state index in [9.17, 15) is 0 Å². The maximum atomic E-state index is 5.73. The van der Waals surface area contributed by atoms with E-state index in [1.54, 1.807) is 0 Å². The molecule has 1 aromatic carbocycles. The highest BCUT2D eigenvalue weighted by Crippen LogP contribution is 2.33. The van der Waals surface area contributed by atoms with Crippen molar-refractivity contribution in [1.82, 2.24) is 10.1 Å². The topological polar surface area (TPSA) is 60.2 Å². The van der Waals surface area contributed by atoms with Gasteiger partial charge in [-0.05, 0) is 30.9 Å². The third kappa shape index (κ3) is 2.65. The van der Waals surface area contributed by atoms with Crippen molar-refractivity contribution in [2.24, 2.45) is 0 Å². The Hall–Kier alpha value is -1.88. The molecular weight excluding hydrogens is 266 g/mol. The molecule has 21 heavy (non-hydrogen) atoms. The highest BCUT2D eigenvalue weighted by Gasteiger charge is 2.27. The summed E-state index contributed by atoms with van der Waals surface area (Å²) >= 11 is 0. The third-order valence-corrected chi connectivity index (χ3v) is 4.24. The van der Waals surface area contributed by atoms with Crippen LogP contribution < -0.4 is 5.32 Å². The molecule has 0 amide bonds. The second kappa shape index (κ2) is 5.48. The molecule has 4 rings (SSSR count). The molecule has 1 aromatic heterocycles. The monoisotopic (exact) mass is 285 g/mol. The van der Waals surface area contributed by atoms with Gasteiger partial charge in [-0.2, -0.15) is 4.98 Å². The van der Waals surface area contributed by atoms with Gasteiger partial charge >= 0.3 is 0 Å². The largest absolute Gasteiger partial charge is 0.378 e. The lowest BCUT2D eigenvalue weighted by molar-refractivity contribution is 0.0153. The minimum absolute atomic E-state index is 0.0934. The molecule has 1 fully saturated rings. The molecule has 3 heterocycles. The molecule has 110 valence electrons. The van der Waals surface area contributed by atoms with Gasteiger partial charge in [-0.1, -0.05) is 23.4 Å². The van der Waals surface area contributed by atoms with Crippen molar-refractivity contribution in [2.75, 3.05) is 11.9 Å². The van der Waals surface area contributed by atoms with E-state index < -0.39 is 0 Å². The number of aromatic nitrogens is 2. The summed E-state index contributed by atoms with van der Waals surface area (Å²) in [5.74, 6) is 1.44. The molecule has 2 atom stereocenters. The number of benzene rings is 1. The first-order valence-electron chi connectivity index (χ1n) is 7.67. The zero-order valence-electron chi connectivity index (χ0n) is 11.9. The predicted molar refractivity (Wildman–Crippen MR) is 78.1 cm³/mol. The Morgan fingerprint density at radius 2 is 2.19 bits per heavy atom. The number of nitrogens with zero attached hydrogens (tertiary/aromatic N) is 2. The van der Waals surface area contributed by atoms with Gasteiger partial charge in [0.25, 0.3) is 0 Å². The molecule has 0 saturated carbocycles. The van der Waals surface area contributed by atoms with E-state index in [4.69, 9.17) is 9.26 Å². The van der Waals surface area contributed by atoms with Crippen molar-refractivity contribution in [3.63, 3.8) is 0 Å². The van der Waals surface area contributed by atoms with Gasteiger partial charge in [0.05, 0.1) is 6.10 Å². The van der Waals surface area contributed by atoms with Crippen LogP contribution in [-0.2, 0) is 17.6 Å². The van der Waals surface area contributed by atoms with E-state index >= 15 is 0 Å². The first-order chi connectivity index (χ1) is 10.4. The van der Waals surface area contributed by atoms with E-state index in [0.717, 1.165) is 43.8 Å². The van der Waals surface area contributed by atoms with Gasteiger partial charge in [-0.3, -0.25) is 0 Å². The molecule has 1 N–H and O–H groups in total. The van der Waals surface area contributed by atoms with Crippen molar-refractivity contribution < 1.29 is 9.26 Å². The molecule has 2 unspecified atom stereocenters. The summed E-state index contributed by atoms with van der Waals surface area (Å²) in [6.07, 6.45) is 5.39. The normalized spacial score (nSPS) is 24.6. The Labute approximate surface area is 123 Å². The second-order valence-corrected chi connectivity index (χ2v) is 5.80. The molecular formula is C16H19N3O2. The Bertz CT molecular complexity index is 594. The van der Waals surface area contributed by atoms with Crippen LogP contribution in [0.2, 0.25) is 0 Å². The SMILES string of the molecule is c1ccc2c(c1)CC(c1nc(CC3CCCCO3)no1)N2. The molecule has 1 saturated heterocycles. The lowest BCUT2D eigenvalue weighted by Gasteiger charge is -2.20. The number of ether oxygens (including phenoxy) is 1. The Morgan fingerprint density at radius 1 is 1.24 bits per heavy atom. The highest BCUT2D eigenvalue weighted by molar-refractivity contribution is 5.56. The second-order valence-electron chi connectivity index (χ2n) is 5.80. The first-order valence-corrected chi connectivity index (χ1v) is 7.67. The van der Waals surface area contributed by atoms with Crippen molar-refractivity contribution in [2.45, 2.75) is 44.2 Å². The van der Waals surface area contributed by atoms with E-state index in [0.29, 0.717) is 5.89 Å². The quantitative estimate of drug-likeness (QED) is 0.939. The zero-order chi connectivity index (χ0) is 14.1. The Balaban J connectivity index is 1.43. The number of para-hydroxylation sites is 1. The maximum absolute atomic E-state index is 5.73. The van der Waals surface area contributed by atoms with E-state index in [2.05, 4.69) is 33.7 Å². The minimum atomic E-state index is 0.0934. The number of rotatable bonds is 3. The van der Waals surface area contributed by atoms with Gasteiger partial charge in [-0.25, -0.2) is 0 Å². The Kier molecular flexibility index (Phi) is 3.35. The molecule has 0 radical (unpaired) electrons. The summed E-state index contributed by atoms with van der Waals surface area (Å²) in [5.41, 5.74) is 2.47. The van der Waals surface area contributed by atoms with Gasteiger partial charge in [0.2, 0.25) is 5.89 Å². The molecule has 0 aliphatic carbocycles. The number of fused-ring (bicyclic) bond motifs is 1. The summed E-state index contributed by atoms with van der Waals surface area (Å²) in [6, 6.07) is 8.41. The summed E-state index contributed by atoms with van der Waals surface area (Å²) < 4.78 is 11.2. The van der Waals surface area contributed by atoms with Crippen LogP contribution in [0.15, 0.2) is 28.8 Å². The molecule has 5 heteroatoms. The van der Waals surface area contributed by atoms with E-state index in [-0.39, 0.29) is 12.1 Å². The van der Waals surface area contributed by atoms with Crippen LogP contribution in [0.25, 0.3) is 0 Å². The number of hydrogen-bond acceptors (Lipinski definition) is 5. The number of nitrogens with one attached hydrogen (secondary N) is 1. The Morgan fingerprint density at radius 3 is 3.05 bits per heavy atom. The fourth-order valence-electron chi connectivity index (χ4n) is 3.11. The van der Waals surface area contributed by atoms with Crippen molar-refractivity contribution in [3.8, 4) is 0 Å². The van der Waals surface area contributed by atoms with Gasteiger partial charge in [0.1, 0.15) is 6.04 Å². The van der Waals surface area contributed by atoms with E-state index in [1.807, 2.05) is 6.07 Å². The van der Waals surface area contributed by atoms with Crippen LogP contribution in [0.4, 0.5) is 5.69 Å². The van der Waals surface area contributed by atoms with Gasteiger partial charge in [-0.15, -0.1) is 0 Å². The summed E-state index contributed by atoms with van der Waals surface area (Å²) in [4.78, 5) is 4.55. The summed E-state index contributed by atoms with van der Waals surface area (Å²) in [5, 5.41) is 7.55. The van der Waals surface area contributed by atoms with Crippen LogP contribution >= 0.6 is 0 Å². The molecule has 2 aromatic rings. The van der Waals surface area contributed by atoms with Crippen LogP contribution in [0.5, 0.6) is 0 Å². The van der Waals surface area contributed by atoms with Crippen molar-refractivity contribution in [1.29, 1.82) is 0 Å². The summed E-state index contributed by atoms with van der Waals surface area (Å²) in [6.45, 7) is 0.856. The third-order valence-electron chi connectivity index (χ3n) is 4.24. The highest BCUT2D eigenvalue weighted by atomic mass is 16.5. The van der Waals surface area contributed by atoms with Crippen LogP contribution in [0.1, 0.15) is 42.6 Å². The molecule has 0 bridgehead atoms. The number of anilines is 1. The smallest absolute Gasteiger partial charge is 0.249 e. The predicted octanol–water partition coefficient (Wildman–Crippen LogP) is 2.89. The zero-order valence-corrected chi connectivity index (χ0v) is 11.9. The van der Waals surface area contributed by atoms with Gasteiger partial charge in [0.15, 0.2) is 5.82 Å². The molecule has 2 aliphatic rings. The molecule has 2 aliphatic heterocycles. The fraction of sp³-hybridized carbons (Fsp3) is 0.500. The maximum Gasteiger partial charge on any atom is 0.249 e. The van der Waals surface area contributed by atoms with Crippen LogP contribution in [-0.4, -0.2) is 22.9 Å². The lowest BCUT2D eigenvalue weighted by atomic mass is 10.1. The van der Waals surface area contributed by atoms with Crippen molar-refractivity contribution in [3.05, 3.63) is 41.5 Å². The fourth-order valence-corrected chi connectivity index (χ4v) is 3.11. The molecule has 0 spiro atoms. The average Bonchev–Trinajstić information content (AvgIpc) is 3.14. The van der Waals surface area contributed by atoms with Crippen LogP contribution in [0, 0.1) is 0 Å². The van der Waals surface area contributed by atoms with Crippen molar-refractivity contribution >= 4 is 5.69 Å². The summed E-state index contributed by atoms with van der Waals surface area (Å²) in [7, 11) is 0. The van der Waals surface area contributed by atoms with Crippen LogP contribution in [0.3, 0.4) is 0 Å². The minimum Gasteiger partial charge on any atom is -0.378 e. The van der Waals surface area contributed by atoms with Gasteiger partial charge < -0.3 is 14.6 Å².